The first-order chi connectivity index (χ1) is 8.65. The number of halogens is 1. The molecule has 0 aromatic heterocycles. The van der Waals surface area contributed by atoms with Gasteiger partial charge in [-0.2, -0.15) is 5.11 Å². The van der Waals surface area contributed by atoms with Crippen LogP contribution >= 0.6 is 11.6 Å². The Labute approximate surface area is 111 Å². The lowest BCUT2D eigenvalue weighted by Crippen LogP contribution is -2.35. The average molecular weight is 266 g/mol. The molecule has 2 rings (SSSR count). The first-order valence-electron chi connectivity index (χ1n) is 5.86. The molecule has 0 bridgehead atoms. The third kappa shape index (κ3) is 2.46. The highest BCUT2D eigenvalue weighted by atomic mass is 35.5. The van der Waals surface area contributed by atoms with Crippen molar-refractivity contribution in [1.82, 2.24) is 0 Å². The van der Waals surface area contributed by atoms with E-state index in [2.05, 4.69) is 10.0 Å². The normalized spacial score (nSPS) is 16.6. The predicted molar refractivity (Wildman–Crippen MR) is 74.1 cm³/mol. The van der Waals surface area contributed by atoms with Crippen molar-refractivity contribution in [2.45, 2.75) is 18.9 Å². The maximum atomic E-state index is 7.47. The number of rotatable bonds is 3. The molecule has 18 heavy (non-hydrogen) atoms. The van der Waals surface area contributed by atoms with Crippen molar-refractivity contribution in [3.8, 4) is 0 Å². The highest BCUT2D eigenvalue weighted by molar-refractivity contribution is 6.31. The summed E-state index contributed by atoms with van der Waals surface area (Å²) in [5.41, 5.74) is 15.1. The summed E-state index contributed by atoms with van der Waals surface area (Å²) >= 11 is 6.02. The lowest BCUT2D eigenvalue weighted by molar-refractivity contribution is 0.481. The summed E-state index contributed by atoms with van der Waals surface area (Å²) in [6.45, 7) is 1.63. The van der Waals surface area contributed by atoms with Crippen molar-refractivity contribution in [3.63, 3.8) is 0 Å². The van der Waals surface area contributed by atoms with Gasteiger partial charge in [0.2, 0.25) is 0 Å². The van der Waals surface area contributed by atoms with Crippen molar-refractivity contribution in [1.29, 1.82) is 10.9 Å². The van der Waals surface area contributed by atoms with Crippen LogP contribution in [0.5, 0.6) is 0 Å². The van der Waals surface area contributed by atoms with Crippen LogP contribution in [-0.2, 0) is 0 Å². The molecule has 1 aliphatic rings. The van der Waals surface area contributed by atoms with E-state index in [9.17, 15) is 0 Å². The van der Waals surface area contributed by atoms with Crippen LogP contribution in [0.15, 0.2) is 17.2 Å². The fourth-order valence-electron chi connectivity index (χ4n) is 2.28. The molecule has 1 aromatic rings. The fraction of sp³-hybridized carbons (Fsp3) is 0.417. The van der Waals surface area contributed by atoms with E-state index in [4.69, 9.17) is 28.3 Å². The molecule has 0 saturated carbocycles. The van der Waals surface area contributed by atoms with E-state index in [0.717, 1.165) is 31.6 Å². The smallest absolute Gasteiger partial charge is 0.0739 e. The van der Waals surface area contributed by atoms with E-state index in [1.165, 1.54) is 6.21 Å². The zero-order chi connectivity index (χ0) is 13.1. The molecule has 0 atom stereocenters. The molecule has 96 valence electrons. The molecule has 1 saturated heterocycles. The molecule has 0 amide bonds. The van der Waals surface area contributed by atoms with Gasteiger partial charge in [0.15, 0.2) is 0 Å². The minimum absolute atomic E-state index is 0.126. The van der Waals surface area contributed by atoms with Crippen molar-refractivity contribution in [2.24, 2.45) is 5.11 Å². The van der Waals surface area contributed by atoms with Gasteiger partial charge in [-0.3, -0.25) is 0 Å². The van der Waals surface area contributed by atoms with Gasteiger partial charge in [-0.25, -0.2) is 5.53 Å². The number of nitrogens with zero attached hydrogens (tertiary/aromatic N) is 2. The number of piperidine rings is 1. The van der Waals surface area contributed by atoms with Gasteiger partial charge in [0.25, 0.3) is 0 Å². The Kier molecular flexibility index (Phi) is 3.81. The molecular weight excluding hydrogens is 250 g/mol. The van der Waals surface area contributed by atoms with Crippen molar-refractivity contribution in [3.05, 3.63) is 22.7 Å². The molecule has 1 fully saturated rings. The number of nitrogen functional groups attached to an aromatic ring is 1. The van der Waals surface area contributed by atoms with E-state index < -0.39 is 0 Å². The molecule has 1 heterocycles. The van der Waals surface area contributed by atoms with Crippen molar-refractivity contribution < 1.29 is 0 Å². The van der Waals surface area contributed by atoms with Crippen LogP contribution in [0, 0.1) is 10.9 Å². The van der Waals surface area contributed by atoms with E-state index >= 15 is 0 Å². The van der Waals surface area contributed by atoms with Gasteiger partial charge >= 0.3 is 0 Å². The Morgan fingerprint density at radius 1 is 1.39 bits per heavy atom. The predicted octanol–water partition coefficient (Wildman–Crippen LogP) is 2.92. The monoisotopic (exact) mass is 265 g/mol. The van der Waals surface area contributed by atoms with Gasteiger partial charge in [-0.1, -0.05) is 11.6 Å². The first-order valence-corrected chi connectivity index (χ1v) is 6.24. The topological polar surface area (TPSA) is 89.3 Å². The number of hydrogen-bond acceptors (Lipinski definition) is 5. The Balaban J connectivity index is 2.28. The first kappa shape index (κ1) is 12.8. The summed E-state index contributed by atoms with van der Waals surface area (Å²) in [6, 6.07) is 3.63. The highest BCUT2D eigenvalue weighted by Crippen LogP contribution is 2.31. The second-order valence-electron chi connectivity index (χ2n) is 4.42. The van der Waals surface area contributed by atoms with E-state index in [0.29, 0.717) is 16.3 Å². The molecule has 1 aliphatic heterocycles. The number of hydrogen-bond donors (Lipinski definition) is 3. The maximum absolute atomic E-state index is 7.47. The second-order valence-corrected chi connectivity index (χ2v) is 4.86. The lowest BCUT2D eigenvalue weighted by atomic mass is 10.0. The molecule has 4 N–H and O–H groups in total. The van der Waals surface area contributed by atoms with Crippen LogP contribution < -0.4 is 10.6 Å². The molecular formula is C12H16ClN5. The van der Waals surface area contributed by atoms with E-state index in [1.807, 2.05) is 6.07 Å². The molecule has 0 radical (unpaired) electrons. The second kappa shape index (κ2) is 5.35. The number of nitrogens with two attached hydrogens (primary N) is 1. The van der Waals surface area contributed by atoms with Gasteiger partial charge in [-0.05, 0) is 25.0 Å². The van der Waals surface area contributed by atoms with Gasteiger partial charge in [0.05, 0.1) is 6.04 Å². The van der Waals surface area contributed by atoms with Gasteiger partial charge in [0, 0.05) is 41.3 Å². The molecule has 0 spiro atoms. The summed E-state index contributed by atoms with van der Waals surface area (Å²) in [5, 5.41) is 11.6. The Bertz CT molecular complexity index is 466. The van der Waals surface area contributed by atoms with E-state index in [-0.39, 0.29) is 6.04 Å². The number of benzene rings is 1. The lowest BCUT2D eigenvalue weighted by Gasteiger charge is -2.32. The fourth-order valence-corrected chi connectivity index (χ4v) is 2.50. The van der Waals surface area contributed by atoms with Crippen LogP contribution in [0.25, 0.3) is 0 Å². The zero-order valence-electron chi connectivity index (χ0n) is 9.99. The van der Waals surface area contributed by atoms with Gasteiger partial charge < -0.3 is 16.0 Å². The van der Waals surface area contributed by atoms with Crippen molar-refractivity contribution in [2.75, 3.05) is 23.7 Å². The Morgan fingerprint density at radius 2 is 2.06 bits per heavy atom. The summed E-state index contributed by atoms with van der Waals surface area (Å²) in [4.78, 5) is 2.16. The molecule has 0 unspecified atom stereocenters. The Morgan fingerprint density at radius 3 is 2.61 bits per heavy atom. The van der Waals surface area contributed by atoms with Crippen LogP contribution in [-0.4, -0.2) is 25.3 Å². The standard InChI is InChI=1S/C12H16ClN5/c13-8-5-11(15)10(7-14)12(6-8)18-3-1-9(17-16)2-4-18/h5-7,9,14,16H,1-4,15H2. The molecule has 1 aromatic carbocycles. The summed E-state index contributed by atoms with van der Waals surface area (Å²) < 4.78 is 0. The average Bonchev–Trinajstić information content (AvgIpc) is 2.38. The largest absolute Gasteiger partial charge is 0.398 e. The third-order valence-electron chi connectivity index (χ3n) is 3.29. The minimum Gasteiger partial charge on any atom is -0.398 e. The highest BCUT2D eigenvalue weighted by Gasteiger charge is 2.21. The zero-order valence-corrected chi connectivity index (χ0v) is 10.7. The third-order valence-corrected chi connectivity index (χ3v) is 3.51. The number of anilines is 2. The number of nitrogens with one attached hydrogen (secondary N) is 2. The van der Waals surface area contributed by atoms with Crippen LogP contribution in [0.4, 0.5) is 11.4 Å². The molecule has 0 aliphatic carbocycles. The van der Waals surface area contributed by atoms with Gasteiger partial charge in [-0.15, -0.1) is 0 Å². The van der Waals surface area contributed by atoms with Gasteiger partial charge in [0.1, 0.15) is 0 Å². The Hall–Kier alpha value is -1.62. The quantitative estimate of drug-likeness (QED) is 0.446. The molecule has 5 nitrogen and oxygen atoms in total. The summed E-state index contributed by atoms with van der Waals surface area (Å²) in [7, 11) is 0. The molecule has 6 heteroatoms. The summed E-state index contributed by atoms with van der Waals surface area (Å²) in [5.74, 6) is 0. The van der Waals surface area contributed by atoms with Crippen LogP contribution in [0.1, 0.15) is 18.4 Å². The van der Waals surface area contributed by atoms with Crippen LogP contribution in [0.2, 0.25) is 5.02 Å². The maximum Gasteiger partial charge on any atom is 0.0739 e. The minimum atomic E-state index is 0.126. The van der Waals surface area contributed by atoms with Crippen LogP contribution in [0.3, 0.4) is 0 Å². The van der Waals surface area contributed by atoms with Crippen molar-refractivity contribution >= 4 is 29.2 Å². The SMILES string of the molecule is N=Cc1c(N)cc(Cl)cc1N1CCC(N=N)CC1. The van der Waals surface area contributed by atoms with E-state index in [1.54, 1.807) is 6.07 Å². The summed E-state index contributed by atoms with van der Waals surface area (Å²) in [6.07, 6.45) is 2.97.